The number of thiophene rings is 1. The Hall–Kier alpha value is -2.22. The molecule has 29 heavy (non-hydrogen) atoms. The fourth-order valence-electron chi connectivity index (χ4n) is 2.91. The van der Waals surface area contributed by atoms with Gasteiger partial charge in [0.05, 0.1) is 23.3 Å². The smallest absolute Gasteiger partial charge is 0.230 e. The van der Waals surface area contributed by atoms with Gasteiger partial charge in [-0.1, -0.05) is 42.1 Å². The number of amides is 1. The minimum atomic E-state index is 0.0600. The highest BCUT2D eigenvalue weighted by Gasteiger charge is 2.10. The average molecular weight is 440 g/mol. The van der Waals surface area contributed by atoms with Gasteiger partial charge in [-0.3, -0.25) is 4.79 Å². The lowest BCUT2D eigenvalue weighted by molar-refractivity contribution is -0.118. The highest BCUT2D eigenvalue weighted by atomic mass is 32.2. The number of fused-ring (bicyclic) bond motifs is 1. The van der Waals surface area contributed by atoms with Crippen LogP contribution < -0.4 is 5.32 Å². The van der Waals surface area contributed by atoms with Crippen molar-refractivity contribution in [2.24, 2.45) is 0 Å². The van der Waals surface area contributed by atoms with Gasteiger partial charge < -0.3 is 10.3 Å². The van der Waals surface area contributed by atoms with E-state index in [2.05, 4.69) is 40.4 Å². The molecule has 2 heterocycles. The largest absolute Gasteiger partial charge is 0.350 e. The predicted octanol–water partition coefficient (Wildman–Crippen LogP) is 5.63. The first-order chi connectivity index (χ1) is 14.2. The first-order valence-corrected chi connectivity index (χ1v) is 12.1. The van der Waals surface area contributed by atoms with E-state index in [4.69, 9.17) is 0 Å². The van der Waals surface area contributed by atoms with Gasteiger partial charge in [0, 0.05) is 15.5 Å². The zero-order valence-electron chi connectivity index (χ0n) is 16.0. The van der Waals surface area contributed by atoms with Crippen LogP contribution >= 0.6 is 34.9 Å². The van der Waals surface area contributed by atoms with E-state index in [1.165, 1.54) is 16.0 Å². The summed E-state index contributed by atoms with van der Waals surface area (Å²) in [7, 11) is 0. The zero-order valence-corrected chi connectivity index (χ0v) is 18.4. The molecule has 4 nitrogen and oxygen atoms in total. The molecule has 0 aliphatic heterocycles. The van der Waals surface area contributed by atoms with Gasteiger partial charge in [0.15, 0.2) is 5.16 Å². The number of carbonyl (C=O) groups excluding carboxylic acids is 1. The van der Waals surface area contributed by atoms with Crippen LogP contribution in [0.3, 0.4) is 0 Å². The lowest BCUT2D eigenvalue weighted by atomic mass is 10.1. The molecular formula is C22H21N3OS3. The predicted molar refractivity (Wildman–Crippen MR) is 124 cm³/mol. The number of imidazole rings is 1. The maximum absolute atomic E-state index is 12.2. The molecule has 0 aliphatic rings. The maximum atomic E-state index is 12.2. The number of benzene rings is 2. The third-order valence-corrected chi connectivity index (χ3v) is 7.49. The van der Waals surface area contributed by atoms with Crippen LogP contribution in [0.2, 0.25) is 0 Å². The van der Waals surface area contributed by atoms with Gasteiger partial charge in [0.1, 0.15) is 0 Å². The SMILES string of the molecule is Cc1c(CSc2nc3ccccc3[nH]2)cccc1SCC(=O)NCc1cccs1. The minimum Gasteiger partial charge on any atom is -0.350 e. The number of H-pyrrole nitrogens is 1. The quantitative estimate of drug-likeness (QED) is 0.349. The van der Waals surface area contributed by atoms with Gasteiger partial charge in [0.2, 0.25) is 5.91 Å². The Balaban J connectivity index is 1.33. The molecule has 7 heteroatoms. The Morgan fingerprint density at radius 3 is 2.83 bits per heavy atom. The zero-order chi connectivity index (χ0) is 20.1. The van der Waals surface area contributed by atoms with Crippen molar-refractivity contribution in [3.63, 3.8) is 0 Å². The van der Waals surface area contributed by atoms with E-state index in [1.807, 2.05) is 41.8 Å². The molecule has 1 amide bonds. The van der Waals surface area contributed by atoms with Crippen molar-refractivity contribution in [3.8, 4) is 0 Å². The van der Waals surface area contributed by atoms with E-state index in [0.29, 0.717) is 12.3 Å². The Bertz CT molecular complexity index is 1070. The van der Waals surface area contributed by atoms with E-state index < -0.39 is 0 Å². The number of nitrogens with zero attached hydrogens (tertiary/aromatic N) is 1. The van der Waals surface area contributed by atoms with E-state index in [9.17, 15) is 4.79 Å². The number of rotatable bonds is 8. The van der Waals surface area contributed by atoms with Crippen molar-refractivity contribution in [2.75, 3.05) is 5.75 Å². The molecule has 0 bridgehead atoms. The van der Waals surface area contributed by atoms with E-state index in [1.54, 1.807) is 34.9 Å². The summed E-state index contributed by atoms with van der Waals surface area (Å²) in [4.78, 5) is 22.5. The molecule has 0 saturated carbocycles. The molecule has 2 N–H and O–H groups in total. The van der Waals surface area contributed by atoms with Crippen molar-refractivity contribution in [3.05, 3.63) is 76.0 Å². The van der Waals surface area contributed by atoms with Crippen LogP contribution in [0.15, 0.2) is 70.0 Å². The first-order valence-electron chi connectivity index (χ1n) is 9.27. The number of hydrogen-bond acceptors (Lipinski definition) is 5. The Morgan fingerprint density at radius 1 is 1.10 bits per heavy atom. The highest BCUT2D eigenvalue weighted by molar-refractivity contribution is 8.00. The van der Waals surface area contributed by atoms with Crippen LogP contribution in [0.4, 0.5) is 0 Å². The van der Waals surface area contributed by atoms with E-state index in [0.717, 1.165) is 26.8 Å². The summed E-state index contributed by atoms with van der Waals surface area (Å²) in [5.74, 6) is 1.32. The summed E-state index contributed by atoms with van der Waals surface area (Å²) in [6, 6.07) is 18.4. The number of aromatic nitrogens is 2. The third-order valence-electron chi connectivity index (χ3n) is 4.53. The molecule has 0 radical (unpaired) electrons. The standard InChI is InChI=1S/C22H21N3OS3/c1-15-16(13-29-22-24-18-8-2-3-9-19(18)25-22)6-4-10-20(15)28-14-21(26)23-12-17-7-5-11-27-17/h2-11H,12-14H2,1H3,(H,23,26)(H,24,25). The van der Waals surface area contributed by atoms with Crippen molar-refractivity contribution in [1.29, 1.82) is 0 Å². The van der Waals surface area contributed by atoms with Gasteiger partial charge in [-0.15, -0.1) is 23.1 Å². The molecule has 2 aromatic heterocycles. The number of para-hydroxylation sites is 2. The maximum Gasteiger partial charge on any atom is 0.230 e. The fourth-order valence-corrected chi connectivity index (χ4v) is 5.42. The van der Waals surface area contributed by atoms with Crippen LogP contribution in [0, 0.1) is 6.92 Å². The van der Waals surface area contributed by atoms with Crippen molar-refractivity contribution in [2.45, 2.75) is 29.3 Å². The van der Waals surface area contributed by atoms with Gasteiger partial charge >= 0.3 is 0 Å². The van der Waals surface area contributed by atoms with E-state index >= 15 is 0 Å². The van der Waals surface area contributed by atoms with Gasteiger partial charge in [0.25, 0.3) is 0 Å². The number of nitrogens with one attached hydrogen (secondary N) is 2. The number of thioether (sulfide) groups is 2. The molecule has 0 aliphatic carbocycles. The fraction of sp³-hybridized carbons (Fsp3) is 0.182. The molecule has 4 rings (SSSR count). The second kappa shape index (κ2) is 9.52. The number of carbonyl (C=O) groups is 1. The lowest BCUT2D eigenvalue weighted by Crippen LogP contribution is -2.24. The molecular weight excluding hydrogens is 418 g/mol. The summed E-state index contributed by atoms with van der Waals surface area (Å²) in [6.45, 7) is 2.73. The summed E-state index contributed by atoms with van der Waals surface area (Å²) in [5, 5.41) is 5.93. The topological polar surface area (TPSA) is 57.8 Å². The summed E-state index contributed by atoms with van der Waals surface area (Å²) in [5.41, 5.74) is 4.54. The van der Waals surface area contributed by atoms with Gasteiger partial charge in [-0.05, 0) is 47.7 Å². The molecule has 0 spiro atoms. The number of hydrogen-bond donors (Lipinski definition) is 2. The Kier molecular flexibility index (Phi) is 6.59. The Morgan fingerprint density at radius 2 is 2.00 bits per heavy atom. The van der Waals surface area contributed by atoms with E-state index in [-0.39, 0.29) is 5.91 Å². The normalized spacial score (nSPS) is 11.1. The Labute approximate surface area is 182 Å². The van der Waals surface area contributed by atoms with Crippen LogP contribution in [-0.4, -0.2) is 21.6 Å². The van der Waals surface area contributed by atoms with Crippen molar-refractivity contribution in [1.82, 2.24) is 15.3 Å². The molecule has 0 fully saturated rings. The average Bonchev–Trinajstić information content (AvgIpc) is 3.40. The third kappa shape index (κ3) is 5.23. The summed E-state index contributed by atoms with van der Waals surface area (Å²) < 4.78 is 0. The van der Waals surface area contributed by atoms with Crippen molar-refractivity contribution >= 4 is 51.8 Å². The first kappa shape index (κ1) is 20.1. The van der Waals surface area contributed by atoms with Crippen LogP contribution in [0.1, 0.15) is 16.0 Å². The minimum absolute atomic E-state index is 0.0600. The van der Waals surface area contributed by atoms with Gasteiger partial charge in [-0.2, -0.15) is 0 Å². The monoisotopic (exact) mass is 439 g/mol. The second-order valence-corrected chi connectivity index (χ2v) is 9.55. The molecule has 2 aromatic carbocycles. The molecule has 0 atom stereocenters. The van der Waals surface area contributed by atoms with Crippen LogP contribution in [0.5, 0.6) is 0 Å². The highest BCUT2D eigenvalue weighted by Crippen LogP contribution is 2.29. The molecule has 4 aromatic rings. The van der Waals surface area contributed by atoms with Crippen LogP contribution in [-0.2, 0) is 17.1 Å². The molecule has 0 saturated heterocycles. The summed E-state index contributed by atoms with van der Waals surface area (Å²) >= 11 is 4.95. The molecule has 148 valence electrons. The molecule has 0 unspecified atom stereocenters. The second-order valence-electron chi connectivity index (χ2n) is 6.53. The number of aromatic amines is 1. The lowest BCUT2D eigenvalue weighted by Gasteiger charge is -2.10. The van der Waals surface area contributed by atoms with Crippen LogP contribution in [0.25, 0.3) is 11.0 Å². The van der Waals surface area contributed by atoms with Crippen molar-refractivity contribution < 1.29 is 4.79 Å². The summed E-state index contributed by atoms with van der Waals surface area (Å²) in [6.07, 6.45) is 0. The van der Waals surface area contributed by atoms with Gasteiger partial charge in [-0.25, -0.2) is 4.98 Å².